The third-order valence-corrected chi connectivity index (χ3v) is 6.74. The number of carboxylic acid groups (broad SMARTS) is 1. The van der Waals surface area contributed by atoms with Gasteiger partial charge in [0.1, 0.15) is 31.2 Å². The smallest absolute Gasteiger partial charge is 0.326 e. The van der Waals surface area contributed by atoms with Crippen molar-refractivity contribution in [3.63, 3.8) is 0 Å². The molecule has 0 fully saturated rings. The lowest BCUT2D eigenvalue weighted by Crippen LogP contribution is -2.41. The Hall–Kier alpha value is -4.44. The van der Waals surface area contributed by atoms with E-state index in [1.165, 1.54) is 14.0 Å². The molecule has 1 amide bonds. The van der Waals surface area contributed by atoms with Crippen molar-refractivity contribution < 1.29 is 24.3 Å². The second-order valence-electron chi connectivity index (χ2n) is 8.48. The third-order valence-electron chi connectivity index (χ3n) is 5.79. The molecule has 0 aliphatic rings. The number of nitrogens with one attached hydrogen (secondary N) is 1. The van der Waals surface area contributed by atoms with Crippen molar-refractivity contribution >= 4 is 39.1 Å². The number of carboxylic acids is 1. The third kappa shape index (κ3) is 6.46. The van der Waals surface area contributed by atoms with Crippen LogP contribution in [0.1, 0.15) is 23.6 Å². The van der Waals surface area contributed by atoms with Crippen LogP contribution in [0, 0.1) is 0 Å². The average molecular weight is 534 g/mol. The number of aromatic nitrogens is 1. The van der Waals surface area contributed by atoms with E-state index in [4.69, 9.17) is 9.57 Å². The molecule has 1 heterocycles. The van der Waals surface area contributed by atoms with E-state index < -0.39 is 17.9 Å². The maximum Gasteiger partial charge on any atom is 0.326 e. The molecule has 2 N–H and O–H groups in total. The van der Waals surface area contributed by atoms with Gasteiger partial charge in [0.15, 0.2) is 0 Å². The molecular weight excluding hydrogens is 506 g/mol. The number of aliphatic carboxylic acids is 1. The van der Waals surface area contributed by atoms with Crippen molar-refractivity contribution in [3.8, 4) is 5.75 Å². The lowest BCUT2D eigenvalue weighted by Gasteiger charge is -2.13. The molecule has 38 heavy (non-hydrogen) atoms. The molecule has 4 aromatic rings. The standard InChI is InChI=1S/C28H27N3O6S/c1-18(32)29-23(27(33)34)16-19-8-11-22(12-9-19)37-15-14-31-24-13-10-21(17-25(24)38-28(31)35)26(30-36-2)20-6-4-3-5-7-20/h3-13,17,23H,14-16H2,1-2H3,(H,29,32)(H,33,34)/b30-26+. The van der Waals surface area contributed by atoms with Crippen molar-refractivity contribution in [2.24, 2.45) is 5.16 Å². The van der Waals surface area contributed by atoms with Gasteiger partial charge in [0.2, 0.25) is 5.91 Å². The second-order valence-corrected chi connectivity index (χ2v) is 9.47. The summed E-state index contributed by atoms with van der Waals surface area (Å²) in [5.41, 5.74) is 4.00. The van der Waals surface area contributed by atoms with Gasteiger partial charge >= 0.3 is 10.8 Å². The fourth-order valence-electron chi connectivity index (χ4n) is 4.04. The molecule has 1 aromatic heterocycles. The topological polar surface area (TPSA) is 119 Å². The van der Waals surface area contributed by atoms with Gasteiger partial charge in [-0.15, -0.1) is 0 Å². The Morgan fingerprint density at radius 2 is 1.79 bits per heavy atom. The molecule has 0 aliphatic carbocycles. The van der Waals surface area contributed by atoms with Crippen LogP contribution in [0.3, 0.4) is 0 Å². The summed E-state index contributed by atoms with van der Waals surface area (Å²) < 4.78 is 8.35. The molecule has 1 atom stereocenters. The van der Waals surface area contributed by atoms with Crippen molar-refractivity contribution in [2.45, 2.75) is 25.9 Å². The Morgan fingerprint density at radius 3 is 2.45 bits per heavy atom. The number of nitrogens with zero attached hydrogens (tertiary/aromatic N) is 2. The number of amides is 1. The highest BCUT2D eigenvalue weighted by Crippen LogP contribution is 2.22. The largest absolute Gasteiger partial charge is 0.492 e. The normalized spacial score (nSPS) is 12.2. The number of thiazole rings is 1. The van der Waals surface area contributed by atoms with E-state index in [0.717, 1.165) is 38.2 Å². The zero-order chi connectivity index (χ0) is 27.1. The SMILES string of the molecule is CO/N=C(\c1ccccc1)c1ccc2c(c1)sc(=O)n2CCOc1ccc(CC(NC(C)=O)C(=O)O)cc1. The van der Waals surface area contributed by atoms with Gasteiger partial charge in [0.05, 0.1) is 16.8 Å². The molecule has 0 bridgehead atoms. The lowest BCUT2D eigenvalue weighted by molar-refractivity contribution is -0.141. The molecule has 1 unspecified atom stereocenters. The number of hydrogen-bond acceptors (Lipinski definition) is 7. The van der Waals surface area contributed by atoms with Gasteiger partial charge in [-0.1, -0.05) is 65.0 Å². The van der Waals surface area contributed by atoms with E-state index in [-0.39, 0.29) is 17.9 Å². The Labute approximate surface area is 222 Å². The number of benzene rings is 3. The number of fused-ring (bicyclic) bond motifs is 1. The van der Waals surface area contributed by atoms with Crippen molar-refractivity contribution in [2.75, 3.05) is 13.7 Å². The number of oxime groups is 1. The number of carbonyl (C=O) groups is 2. The minimum absolute atomic E-state index is 0.0845. The Kier molecular flexibility index (Phi) is 8.55. The highest BCUT2D eigenvalue weighted by Gasteiger charge is 2.19. The summed E-state index contributed by atoms with van der Waals surface area (Å²) in [6.07, 6.45) is 0.161. The molecule has 4 rings (SSSR count). The Morgan fingerprint density at radius 1 is 1.05 bits per heavy atom. The van der Waals surface area contributed by atoms with E-state index in [1.807, 2.05) is 48.5 Å². The molecule has 0 saturated heterocycles. The number of carbonyl (C=O) groups excluding carboxylic acids is 1. The molecular formula is C28H27N3O6S. The van der Waals surface area contributed by atoms with Crippen LogP contribution in [0.5, 0.6) is 5.75 Å². The first kappa shape index (κ1) is 26.6. The second kappa shape index (κ2) is 12.2. The minimum Gasteiger partial charge on any atom is -0.492 e. The summed E-state index contributed by atoms with van der Waals surface area (Å²) >= 11 is 1.16. The van der Waals surface area contributed by atoms with Crippen LogP contribution in [-0.2, 0) is 27.4 Å². The Balaban J connectivity index is 1.43. The molecule has 0 spiro atoms. The van der Waals surface area contributed by atoms with Crippen LogP contribution in [0.2, 0.25) is 0 Å². The average Bonchev–Trinajstić information content (AvgIpc) is 3.22. The zero-order valence-corrected chi connectivity index (χ0v) is 21.7. The summed E-state index contributed by atoms with van der Waals surface area (Å²) in [6.45, 7) is 1.92. The van der Waals surface area contributed by atoms with Crippen LogP contribution < -0.4 is 14.9 Å². The van der Waals surface area contributed by atoms with E-state index in [9.17, 15) is 19.5 Å². The maximum absolute atomic E-state index is 12.7. The summed E-state index contributed by atoms with van der Waals surface area (Å²) in [5, 5.41) is 15.9. The zero-order valence-electron chi connectivity index (χ0n) is 20.9. The number of rotatable bonds is 11. The molecule has 196 valence electrons. The highest BCUT2D eigenvalue weighted by atomic mass is 32.1. The quantitative estimate of drug-likeness (QED) is 0.224. The molecule has 10 heteroatoms. The fourth-order valence-corrected chi connectivity index (χ4v) is 5.00. The Bertz CT molecular complexity index is 1510. The summed E-state index contributed by atoms with van der Waals surface area (Å²) in [5.74, 6) is -0.897. The number of hydrogen-bond donors (Lipinski definition) is 2. The first-order valence-electron chi connectivity index (χ1n) is 11.9. The van der Waals surface area contributed by atoms with Crippen molar-refractivity contribution in [1.82, 2.24) is 9.88 Å². The first-order valence-corrected chi connectivity index (χ1v) is 12.7. The van der Waals surface area contributed by atoms with Crippen molar-refractivity contribution in [1.29, 1.82) is 0 Å². The van der Waals surface area contributed by atoms with Gasteiger partial charge in [-0.3, -0.25) is 14.2 Å². The van der Waals surface area contributed by atoms with E-state index in [0.29, 0.717) is 18.0 Å². The summed E-state index contributed by atoms with van der Waals surface area (Å²) in [4.78, 5) is 40.3. The summed E-state index contributed by atoms with van der Waals surface area (Å²) in [7, 11) is 1.50. The van der Waals surface area contributed by atoms with Gasteiger partial charge in [-0.2, -0.15) is 0 Å². The van der Waals surface area contributed by atoms with Crippen LogP contribution in [-0.4, -0.2) is 47.0 Å². The van der Waals surface area contributed by atoms with Gasteiger partial charge in [-0.25, -0.2) is 4.79 Å². The predicted octanol–water partition coefficient (Wildman–Crippen LogP) is 3.67. The predicted molar refractivity (Wildman–Crippen MR) is 146 cm³/mol. The number of ether oxygens (including phenoxy) is 1. The molecule has 3 aromatic carbocycles. The molecule has 0 saturated carbocycles. The monoisotopic (exact) mass is 533 g/mol. The molecule has 0 aliphatic heterocycles. The van der Waals surface area contributed by atoms with Crippen LogP contribution in [0.25, 0.3) is 10.2 Å². The van der Waals surface area contributed by atoms with E-state index in [1.54, 1.807) is 28.8 Å². The van der Waals surface area contributed by atoms with Crippen LogP contribution in [0.4, 0.5) is 0 Å². The first-order chi connectivity index (χ1) is 18.4. The van der Waals surface area contributed by atoms with Crippen molar-refractivity contribution in [3.05, 3.63) is 99.2 Å². The van der Waals surface area contributed by atoms with E-state index >= 15 is 0 Å². The van der Waals surface area contributed by atoms with Gasteiger partial charge in [0, 0.05) is 24.5 Å². The van der Waals surface area contributed by atoms with Crippen LogP contribution in [0.15, 0.2) is 82.7 Å². The highest BCUT2D eigenvalue weighted by molar-refractivity contribution is 7.16. The van der Waals surface area contributed by atoms with Gasteiger partial charge in [-0.05, 0) is 29.8 Å². The fraction of sp³-hybridized carbons (Fsp3) is 0.214. The van der Waals surface area contributed by atoms with Crippen LogP contribution >= 0.6 is 11.3 Å². The molecule has 9 nitrogen and oxygen atoms in total. The van der Waals surface area contributed by atoms with E-state index in [2.05, 4.69) is 10.5 Å². The molecule has 0 radical (unpaired) electrons. The van der Waals surface area contributed by atoms with Gasteiger partial charge in [0.25, 0.3) is 0 Å². The maximum atomic E-state index is 12.7. The summed E-state index contributed by atoms with van der Waals surface area (Å²) in [6, 6.07) is 21.4. The lowest BCUT2D eigenvalue weighted by atomic mass is 10.0. The van der Waals surface area contributed by atoms with Gasteiger partial charge < -0.3 is 20.0 Å². The minimum atomic E-state index is -1.09.